The molecule has 2 aromatic heterocycles. The molecule has 7 nitrogen and oxygen atoms in total. The van der Waals surface area contributed by atoms with Crippen LogP contribution in [0.2, 0.25) is 0 Å². The van der Waals surface area contributed by atoms with Crippen LogP contribution in [0.1, 0.15) is 38.4 Å². The second-order valence-corrected chi connectivity index (χ2v) is 5.39. The molecule has 116 valence electrons. The zero-order chi connectivity index (χ0) is 15.6. The highest BCUT2D eigenvalue weighted by molar-refractivity contribution is 5.70. The predicted octanol–water partition coefficient (Wildman–Crippen LogP) is 0.444. The molecular weight excluding hydrogens is 272 g/mol. The van der Waals surface area contributed by atoms with E-state index in [9.17, 15) is 14.7 Å². The third kappa shape index (κ3) is 3.07. The van der Waals surface area contributed by atoms with E-state index in [1.165, 1.54) is 4.57 Å². The predicted molar refractivity (Wildman–Crippen MR) is 80.4 cm³/mol. The van der Waals surface area contributed by atoms with Crippen molar-refractivity contribution in [3.05, 3.63) is 26.7 Å². The molecule has 0 aliphatic rings. The minimum Gasteiger partial charge on any atom is -0.393 e. The zero-order valence-corrected chi connectivity index (χ0v) is 12.7. The maximum atomic E-state index is 11.9. The van der Waals surface area contributed by atoms with E-state index < -0.39 is 11.2 Å². The molecule has 2 N–H and O–H groups in total. The maximum Gasteiger partial charge on any atom is 0.329 e. The Bertz CT molecular complexity index is 741. The quantitative estimate of drug-likeness (QED) is 0.756. The highest BCUT2D eigenvalue weighted by Crippen LogP contribution is 2.12. The van der Waals surface area contributed by atoms with E-state index in [1.54, 1.807) is 18.7 Å². The molecule has 0 aliphatic carbocycles. The Morgan fingerprint density at radius 2 is 1.95 bits per heavy atom. The molecule has 0 saturated heterocycles. The summed E-state index contributed by atoms with van der Waals surface area (Å²) in [6.07, 6.45) is 3.82. The Kier molecular flexibility index (Phi) is 4.62. The summed E-state index contributed by atoms with van der Waals surface area (Å²) in [5.41, 5.74) is -0.0329. The molecule has 0 aromatic carbocycles. The monoisotopic (exact) mass is 294 g/mol. The molecule has 0 amide bonds. The van der Waals surface area contributed by atoms with Gasteiger partial charge in [0, 0.05) is 20.5 Å². The fourth-order valence-electron chi connectivity index (χ4n) is 2.44. The number of nitrogens with one attached hydrogen (secondary N) is 1. The lowest BCUT2D eigenvalue weighted by Gasteiger charge is -2.06. The average molecular weight is 294 g/mol. The minimum atomic E-state index is -0.455. The minimum absolute atomic E-state index is 0.242. The first-order valence-corrected chi connectivity index (χ1v) is 7.28. The van der Waals surface area contributed by atoms with Crippen molar-refractivity contribution in [3.63, 3.8) is 0 Å². The molecule has 0 radical (unpaired) electrons. The van der Waals surface area contributed by atoms with Gasteiger partial charge in [-0.1, -0.05) is 13.3 Å². The molecular formula is C14H22N4O3. The number of aryl methyl sites for hydroxylation is 3. The van der Waals surface area contributed by atoms with Gasteiger partial charge in [-0.2, -0.15) is 0 Å². The van der Waals surface area contributed by atoms with E-state index in [0.29, 0.717) is 11.2 Å². The number of rotatable bonds is 6. The van der Waals surface area contributed by atoms with Gasteiger partial charge in [-0.15, -0.1) is 0 Å². The van der Waals surface area contributed by atoms with E-state index in [-0.39, 0.29) is 6.10 Å². The van der Waals surface area contributed by atoms with Crippen LogP contribution in [-0.2, 0) is 20.5 Å². The molecule has 0 fully saturated rings. The van der Waals surface area contributed by atoms with E-state index in [2.05, 4.69) is 9.97 Å². The number of hydrogen-bond acceptors (Lipinski definition) is 4. The molecule has 21 heavy (non-hydrogen) atoms. The number of aromatic amines is 1. The summed E-state index contributed by atoms with van der Waals surface area (Å²) in [4.78, 5) is 30.2. The number of hydrogen-bond donors (Lipinski definition) is 2. The summed E-state index contributed by atoms with van der Waals surface area (Å²) in [5, 5.41) is 9.52. The second kappa shape index (κ2) is 6.26. The number of nitrogens with zero attached hydrogens (tertiary/aromatic N) is 3. The Morgan fingerprint density at radius 3 is 2.62 bits per heavy atom. The fraction of sp³-hybridized carbons (Fsp3) is 0.643. The summed E-state index contributed by atoms with van der Waals surface area (Å²) >= 11 is 0. The first kappa shape index (κ1) is 15.5. The number of imidazole rings is 1. The molecule has 1 unspecified atom stereocenters. The number of aromatic nitrogens is 4. The van der Waals surface area contributed by atoms with Crippen LogP contribution in [0.25, 0.3) is 11.2 Å². The lowest BCUT2D eigenvalue weighted by molar-refractivity contribution is 0.156. The average Bonchev–Trinajstić information content (AvgIpc) is 2.78. The number of aliphatic hydroxyl groups excluding tert-OH is 1. The molecule has 7 heteroatoms. The zero-order valence-electron chi connectivity index (χ0n) is 12.7. The van der Waals surface area contributed by atoms with Gasteiger partial charge < -0.3 is 9.67 Å². The molecule has 2 heterocycles. The van der Waals surface area contributed by atoms with Crippen LogP contribution in [-0.4, -0.2) is 30.3 Å². The van der Waals surface area contributed by atoms with Crippen LogP contribution in [0.4, 0.5) is 0 Å². The van der Waals surface area contributed by atoms with Crippen LogP contribution in [0, 0.1) is 0 Å². The topological polar surface area (TPSA) is 92.9 Å². The molecule has 0 spiro atoms. The highest BCUT2D eigenvalue weighted by atomic mass is 16.3. The molecule has 0 saturated carbocycles. The Morgan fingerprint density at radius 1 is 1.24 bits per heavy atom. The van der Waals surface area contributed by atoms with E-state index in [0.717, 1.165) is 37.9 Å². The molecule has 0 bridgehead atoms. The second-order valence-electron chi connectivity index (χ2n) is 5.39. The van der Waals surface area contributed by atoms with Crippen molar-refractivity contribution in [2.24, 2.45) is 14.1 Å². The molecule has 1 atom stereocenters. The van der Waals surface area contributed by atoms with Crippen molar-refractivity contribution in [3.8, 4) is 0 Å². The van der Waals surface area contributed by atoms with E-state index >= 15 is 0 Å². The number of fused-ring (bicyclic) bond motifs is 1. The lowest BCUT2D eigenvalue weighted by Crippen LogP contribution is -2.29. The van der Waals surface area contributed by atoms with Crippen LogP contribution >= 0.6 is 0 Å². The molecule has 0 aliphatic heterocycles. The van der Waals surface area contributed by atoms with Gasteiger partial charge in [0.15, 0.2) is 11.2 Å². The number of unbranched alkanes of at least 4 members (excludes halogenated alkanes) is 1. The molecule has 2 aromatic rings. The summed E-state index contributed by atoms with van der Waals surface area (Å²) in [5.74, 6) is 0.780. The van der Waals surface area contributed by atoms with Crippen molar-refractivity contribution >= 4 is 11.2 Å². The lowest BCUT2D eigenvalue weighted by atomic mass is 10.1. The summed E-state index contributed by atoms with van der Waals surface area (Å²) in [6.45, 7) is 1.96. The summed E-state index contributed by atoms with van der Waals surface area (Å²) in [7, 11) is 3.38. The van der Waals surface area contributed by atoms with Gasteiger partial charge >= 0.3 is 5.69 Å². The van der Waals surface area contributed by atoms with Gasteiger partial charge in [0.05, 0.1) is 6.10 Å². The smallest absolute Gasteiger partial charge is 0.329 e. The Balaban J connectivity index is 2.20. The van der Waals surface area contributed by atoms with Crippen LogP contribution in [0.15, 0.2) is 9.59 Å². The molecule has 2 rings (SSSR count). The van der Waals surface area contributed by atoms with Crippen LogP contribution < -0.4 is 11.2 Å². The number of H-pyrrole nitrogens is 1. The van der Waals surface area contributed by atoms with Gasteiger partial charge in [0.25, 0.3) is 5.56 Å². The van der Waals surface area contributed by atoms with Gasteiger partial charge in [-0.25, -0.2) is 9.78 Å². The van der Waals surface area contributed by atoms with Crippen molar-refractivity contribution in [2.75, 3.05) is 0 Å². The fourth-order valence-corrected chi connectivity index (χ4v) is 2.44. The standard InChI is InChI=1S/C14H22N4O3/c1-4-9(19)7-5-6-8-10-15-12-11(17(10)2)13(20)16-14(21)18(12)3/h9,19H,4-8H2,1-3H3,(H,16,20,21). The van der Waals surface area contributed by atoms with Gasteiger partial charge in [-0.3, -0.25) is 14.3 Å². The highest BCUT2D eigenvalue weighted by Gasteiger charge is 2.14. The first-order chi connectivity index (χ1) is 9.95. The first-order valence-electron chi connectivity index (χ1n) is 7.28. The van der Waals surface area contributed by atoms with Crippen LogP contribution in [0.3, 0.4) is 0 Å². The number of aliphatic hydroxyl groups is 1. The third-order valence-corrected chi connectivity index (χ3v) is 3.89. The van der Waals surface area contributed by atoms with E-state index in [4.69, 9.17) is 0 Å². The van der Waals surface area contributed by atoms with Crippen molar-refractivity contribution in [1.82, 2.24) is 19.1 Å². The summed E-state index contributed by atoms with van der Waals surface area (Å²) in [6, 6.07) is 0. The largest absolute Gasteiger partial charge is 0.393 e. The van der Waals surface area contributed by atoms with Crippen molar-refractivity contribution < 1.29 is 5.11 Å². The summed E-state index contributed by atoms with van der Waals surface area (Å²) < 4.78 is 3.09. The Hall–Kier alpha value is -1.89. The Labute approximate surface area is 122 Å². The van der Waals surface area contributed by atoms with Gasteiger partial charge in [0.1, 0.15) is 5.82 Å². The normalized spacial score (nSPS) is 13.0. The van der Waals surface area contributed by atoms with Crippen LogP contribution in [0.5, 0.6) is 0 Å². The SMILES string of the molecule is CCC(O)CCCCc1nc2c(c(=O)[nH]c(=O)n2C)n1C. The van der Waals surface area contributed by atoms with Crippen molar-refractivity contribution in [1.29, 1.82) is 0 Å². The van der Waals surface area contributed by atoms with Crippen molar-refractivity contribution in [2.45, 2.75) is 45.1 Å². The van der Waals surface area contributed by atoms with Gasteiger partial charge in [0.2, 0.25) is 0 Å². The van der Waals surface area contributed by atoms with Gasteiger partial charge in [-0.05, 0) is 19.3 Å². The third-order valence-electron chi connectivity index (χ3n) is 3.89. The van der Waals surface area contributed by atoms with E-state index in [1.807, 2.05) is 6.92 Å². The maximum absolute atomic E-state index is 11.9.